The van der Waals surface area contributed by atoms with Gasteiger partial charge in [-0.05, 0) is 12.1 Å². The zero-order valence-corrected chi connectivity index (χ0v) is 14.7. The second kappa shape index (κ2) is 8.53. The van der Waals surface area contributed by atoms with Crippen LogP contribution in [0, 0.1) is 10.1 Å². The predicted molar refractivity (Wildman–Crippen MR) is 91.4 cm³/mol. The number of carbonyl (C=O) groups excluding carboxylic acids is 1. The molecule has 0 saturated carbocycles. The molecule has 0 bridgehead atoms. The van der Waals surface area contributed by atoms with E-state index in [4.69, 9.17) is 10.5 Å². The van der Waals surface area contributed by atoms with Crippen molar-refractivity contribution in [1.82, 2.24) is 4.90 Å². The highest BCUT2D eigenvalue weighted by Crippen LogP contribution is 2.36. The van der Waals surface area contributed by atoms with Crippen LogP contribution in [0.4, 0.5) is 24.5 Å². The molecule has 1 unspecified atom stereocenters. The monoisotopic (exact) mass is 390 g/mol. The van der Waals surface area contributed by atoms with Crippen LogP contribution >= 0.6 is 0 Å². The highest BCUT2D eigenvalue weighted by molar-refractivity contribution is 5.77. The lowest BCUT2D eigenvalue weighted by atomic mass is 10.1. The van der Waals surface area contributed by atoms with Crippen molar-refractivity contribution in [1.29, 1.82) is 0 Å². The van der Waals surface area contributed by atoms with Gasteiger partial charge >= 0.3 is 6.18 Å². The number of piperazine rings is 1. The summed E-state index contributed by atoms with van der Waals surface area (Å²) in [4.78, 5) is 25.8. The Bertz CT molecular complexity index is 687. The molecule has 1 aromatic carbocycles. The van der Waals surface area contributed by atoms with Crippen LogP contribution in [-0.4, -0.2) is 61.7 Å². The fourth-order valence-corrected chi connectivity index (χ4v) is 2.90. The average Bonchev–Trinajstić information content (AvgIpc) is 2.64. The van der Waals surface area contributed by atoms with Gasteiger partial charge < -0.3 is 20.3 Å². The average molecular weight is 390 g/mol. The lowest BCUT2D eigenvalue weighted by Gasteiger charge is -2.36. The molecule has 1 amide bonds. The summed E-state index contributed by atoms with van der Waals surface area (Å²) in [5.41, 5.74) is 3.93. The van der Waals surface area contributed by atoms with Gasteiger partial charge in [0.2, 0.25) is 5.91 Å². The first-order valence-corrected chi connectivity index (χ1v) is 8.28. The summed E-state index contributed by atoms with van der Waals surface area (Å²) in [6.07, 6.45) is -4.91. The highest BCUT2D eigenvalue weighted by atomic mass is 19.4. The van der Waals surface area contributed by atoms with E-state index in [9.17, 15) is 28.1 Å². The molecule has 1 saturated heterocycles. The molecule has 2 rings (SSSR count). The van der Waals surface area contributed by atoms with E-state index in [1.54, 1.807) is 9.80 Å². The molecule has 1 aliphatic heterocycles. The number of hydrogen-bond donors (Lipinski definition) is 1. The maximum absolute atomic E-state index is 12.8. The molecule has 1 atom stereocenters. The topological polar surface area (TPSA) is 102 Å². The fraction of sp³-hybridized carbons (Fsp3) is 0.562. The second-order valence-corrected chi connectivity index (χ2v) is 6.12. The molecule has 1 aromatic rings. The van der Waals surface area contributed by atoms with Gasteiger partial charge in [0.25, 0.3) is 5.69 Å². The van der Waals surface area contributed by atoms with E-state index >= 15 is 0 Å². The lowest BCUT2D eigenvalue weighted by Crippen LogP contribution is -2.49. The number of nitro groups is 1. The van der Waals surface area contributed by atoms with Gasteiger partial charge in [0.15, 0.2) is 0 Å². The quantitative estimate of drug-likeness (QED) is 0.585. The molecule has 1 aliphatic rings. The van der Waals surface area contributed by atoms with Gasteiger partial charge in [-0.3, -0.25) is 14.9 Å². The molecule has 2 N–H and O–H groups in total. The van der Waals surface area contributed by atoms with Gasteiger partial charge in [0.1, 0.15) is 5.69 Å². The number of nitro benzene ring substituents is 1. The molecule has 0 radical (unpaired) electrons. The fourth-order valence-electron chi connectivity index (χ4n) is 2.90. The third kappa shape index (κ3) is 5.07. The Balaban J connectivity index is 2.09. The molecule has 0 aromatic heterocycles. The summed E-state index contributed by atoms with van der Waals surface area (Å²) in [6, 6.07) is 2.47. The number of hydrogen-bond acceptors (Lipinski definition) is 6. The van der Waals surface area contributed by atoms with E-state index in [2.05, 4.69) is 0 Å². The summed E-state index contributed by atoms with van der Waals surface area (Å²) in [5, 5.41) is 11.2. The molecular weight excluding hydrogens is 369 g/mol. The van der Waals surface area contributed by atoms with Crippen molar-refractivity contribution < 1.29 is 27.6 Å². The van der Waals surface area contributed by atoms with Crippen LogP contribution in [0.25, 0.3) is 0 Å². The van der Waals surface area contributed by atoms with Crippen LogP contribution < -0.4 is 10.6 Å². The number of methoxy groups -OCH3 is 1. The minimum atomic E-state index is -4.66. The number of amides is 1. The summed E-state index contributed by atoms with van der Waals surface area (Å²) in [7, 11) is 1.46. The first-order valence-electron chi connectivity index (χ1n) is 8.28. The molecule has 27 heavy (non-hydrogen) atoms. The van der Waals surface area contributed by atoms with Gasteiger partial charge in [-0.1, -0.05) is 0 Å². The van der Waals surface area contributed by atoms with Gasteiger partial charge in [-0.2, -0.15) is 13.2 Å². The normalized spacial score (nSPS) is 16.3. The Labute approximate surface area is 153 Å². The number of nitrogens with two attached hydrogens (primary N) is 1. The van der Waals surface area contributed by atoms with Crippen molar-refractivity contribution in [3.63, 3.8) is 0 Å². The van der Waals surface area contributed by atoms with E-state index in [0.717, 1.165) is 12.1 Å². The lowest BCUT2D eigenvalue weighted by molar-refractivity contribution is -0.384. The summed E-state index contributed by atoms with van der Waals surface area (Å²) >= 11 is 0. The zero-order chi connectivity index (χ0) is 20.2. The minimum Gasteiger partial charge on any atom is -0.380 e. The number of benzene rings is 1. The highest BCUT2D eigenvalue weighted by Gasteiger charge is 2.34. The largest absolute Gasteiger partial charge is 0.416 e. The van der Waals surface area contributed by atoms with Gasteiger partial charge in [0.05, 0.1) is 23.0 Å². The number of alkyl halides is 3. The van der Waals surface area contributed by atoms with Crippen LogP contribution in [0.2, 0.25) is 0 Å². The van der Waals surface area contributed by atoms with Crippen LogP contribution in [0.3, 0.4) is 0 Å². The summed E-state index contributed by atoms with van der Waals surface area (Å²) in [6.45, 7) is 1.37. The molecule has 1 fully saturated rings. The number of ether oxygens (including phenoxy) is 1. The van der Waals surface area contributed by atoms with Gasteiger partial charge in [-0.15, -0.1) is 0 Å². The molecule has 150 valence electrons. The summed E-state index contributed by atoms with van der Waals surface area (Å²) in [5.74, 6) is -0.145. The van der Waals surface area contributed by atoms with E-state index in [1.807, 2.05) is 0 Å². The number of carbonyl (C=O) groups is 1. The van der Waals surface area contributed by atoms with Crippen LogP contribution in [-0.2, 0) is 15.7 Å². The van der Waals surface area contributed by atoms with Crippen molar-refractivity contribution in [2.75, 3.05) is 44.7 Å². The van der Waals surface area contributed by atoms with Crippen LogP contribution in [0.1, 0.15) is 12.0 Å². The van der Waals surface area contributed by atoms with E-state index in [1.165, 1.54) is 7.11 Å². The van der Waals surface area contributed by atoms with Crippen molar-refractivity contribution >= 4 is 17.3 Å². The predicted octanol–water partition coefficient (Wildman–Crippen LogP) is 1.63. The van der Waals surface area contributed by atoms with Crippen molar-refractivity contribution in [2.24, 2.45) is 5.73 Å². The number of anilines is 1. The van der Waals surface area contributed by atoms with E-state index in [0.29, 0.717) is 19.2 Å². The smallest absolute Gasteiger partial charge is 0.380 e. The second-order valence-electron chi connectivity index (χ2n) is 6.12. The molecule has 11 heteroatoms. The minimum absolute atomic E-state index is 0.108. The van der Waals surface area contributed by atoms with Gasteiger partial charge in [-0.25, -0.2) is 0 Å². The van der Waals surface area contributed by atoms with Crippen LogP contribution in [0.5, 0.6) is 0 Å². The van der Waals surface area contributed by atoms with Crippen molar-refractivity contribution in [3.8, 4) is 0 Å². The Kier molecular flexibility index (Phi) is 6.60. The van der Waals surface area contributed by atoms with Crippen LogP contribution in [0.15, 0.2) is 18.2 Å². The Morgan fingerprint density at radius 1 is 1.33 bits per heavy atom. The van der Waals surface area contributed by atoms with Crippen molar-refractivity contribution in [3.05, 3.63) is 33.9 Å². The maximum Gasteiger partial charge on any atom is 0.416 e. The molecule has 8 nitrogen and oxygen atoms in total. The third-order valence-electron chi connectivity index (χ3n) is 4.47. The molecule has 0 spiro atoms. The SMILES string of the molecule is COC(CN)CC(=O)N1CCN(c2ccc(C(F)(F)F)cc2[N+](=O)[O-])CC1. The molecule has 0 aliphatic carbocycles. The molecular formula is C16H21F3N4O4. The third-order valence-corrected chi connectivity index (χ3v) is 4.47. The Hall–Kier alpha value is -2.40. The zero-order valence-electron chi connectivity index (χ0n) is 14.7. The van der Waals surface area contributed by atoms with E-state index in [-0.39, 0.29) is 43.8 Å². The summed E-state index contributed by atoms with van der Waals surface area (Å²) < 4.78 is 43.5. The Morgan fingerprint density at radius 3 is 2.44 bits per heavy atom. The number of rotatable bonds is 6. The first kappa shape index (κ1) is 20.9. The number of nitrogens with zero attached hydrogens (tertiary/aromatic N) is 3. The Morgan fingerprint density at radius 2 is 1.96 bits per heavy atom. The van der Waals surface area contributed by atoms with E-state index < -0.39 is 22.4 Å². The number of halogens is 3. The maximum atomic E-state index is 12.8. The standard InChI is InChI=1S/C16H21F3N4O4/c1-27-12(10-20)9-15(24)22-6-4-21(5-7-22)13-3-2-11(16(17,18)19)8-14(13)23(25)26/h2-3,8,12H,4-7,9-10,20H2,1H3. The molecule has 1 heterocycles. The van der Waals surface area contributed by atoms with Gasteiger partial charge in [0, 0.05) is 45.9 Å². The first-order chi connectivity index (χ1) is 12.7. The van der Waals surface area contributed by atoms with Crippen molar-refractivity contribution in [2.45, 2.75) is 18.7 Å².